The van der Waals surface area contributed by atoms with Gasteiger partial charge in [0.05, 0.1) is 6.10 Å². The highest BCUT2D eigenvalue weighted by atomic mass is 16.6. The Bertz CT molecular complexity index is 797. The minimum absolute atomic E-state index is 0.0482. The average Bonchev–Trinajstić information content (AvgIpc) is 2.80. The van der Waals surface area contributed by atoms with Gasteiger partial charge in [0.1, 0.15) is 6.10 Å². The van der Waals surface area contributed by atoms with E-state index >= 15 is 0 Å². The molecular weight excluding hydrogens is 378 g/mol. The van der Waals surface area contributed by atoms with Gasteiger partial charge < -0.3 is 25.4 Å². The van der Waals surface area contributed by atoms with Crippen LogP contribution < -0.4 is 5.32 Å². The summed E-state index contributed by atoms with van der Waals surface area (Å²) >= 11 is 0. The van der Waals surface area contributed by atoms with Crippen molar-refractivity contribution >= 4 is 16.5 Å². The predicted octanol–water partition coefficient (Wildman–Crippen LogP) is 4.49. The van der Waals surface area contributed by atoms with Crippen LogP contribution in [0.2, 0.25) is 0 Å². The summed E-state index contributed by atoms with van der Waals surface area (Å²) in [5.41, 5.74) is 2.18. The topological polar surface area (TPSA) is 82.0 Å². The maximum atomic E-state index is 10.0. The third kappa shape index (κ3) is 6.96. The van der Waals surface area contributed by atoms with Gasteiger partial charge in [0.2, 0.25) is 0 Å². The lowest BCUT2D eigenvalue weighted by atomic mass is 9.85. The second-order valence-corrected chi connectivity index (χ2v) is 6.82. The molecule has 2 aromatic rings. The first-order valence-electron chi connectivity index (χ1n) is 10.6. The summed E-state index contributed by atoms with van der Waals surface area (Å²) in [6.45, 7) is 8.58. The van der Waals surface area contributed by atoms with E-state index in [1.54, 1.807) is 0 Å². The number of nitrogens with one attached hydrogen (secondary N) is 1. The summed E-state index contributed by atoms with van der Waals surface area (Å²) in [4.78, 5) is 0. The van der Waals surface area contributed by atoms with Crippen LogP contribution in [-0.2, 0) is 4.74 Å². The maximum absolute atomic E-state index is 10.0. The molecule has 3 rings (SSSR count). The van der Waals surface area contributed by atoms with E-state index in [-0.39, 0.29) is 12.0 Å². The minimum Gasteiger partial charge on any atom is -0.400 e. The molecule has 4 N–H and O–H groups in total. The van der Waals surface area contributed by atoms with E-state index in [2.05, 4.69) is 23.5 Å². The number of aliphatic hydroxyl groups excluding tert-OH is 3. The quantitative estimate of drug-likeness (QED) is 0.541. The normalized spacial score (nSPS) is 23.9. The Balaban J connectivity index is 0.00000106. The van der Waals surface area contributed by atoms with Gasteiger partial charge in [-0.2, -0.15) is 0 Å². The third-order valence-electron chi connectivity index (χ3n) is 5.01. The molecule has 30 heavy (non-hydrogen) atoms. The van der Waals surface area contributed by atoms with E-state index in [1.807, 2.05) is 70.2 Å². The van der Waals surface area contributed by atoms with Crippen LogP contribution in [0.15, 0.2) is 66.3 Å². The zero-order valence-corrected chi connectivity index (χ0v) is 18.7. The molecule has 0 spiro atoms. The molecule has 5 nitrogen and oxygen atoms in total. The van der Waals surface area contributed by atoms with E-state index in [9.17, 15) is 10.2 Å². The Hall–Kier alpha value is -2.18. The van der Waals surface area contributed by atoms with Crippen LogP contribution in [0.25, 0.3) is 10.8 Å². The van der Waals surface area contributed by atoms with Crippen LogP contribution >= 0.6 is 0 Å². The molecule has 5 heteroatoms. The van der Waals surface area contributed by atoms with Crippen molar-refractivity contribution in [1.29, 1.82) is 0 Å². The van der Waals surface area contributed by atoms with Crippen LogP contribution in [0.5, 0.6) is 0 Å². The summed E-state index contributed by atoms with van der Waals surface area (Å²) in [6, 6.07) is 14.4. The summed E-state index contributed by atoms with van der Waals surface area (Å²) < 4.78 is 5.72. The number of hydrogen-bond donors (Lipinski definition) is 4. The molecule has 0 aliphatic carbocycles. The lowest BCUT2D eigenvalue weighted by Gasteiger charge is -2.38. The van der Waals surface area contributed by atoms with E-state index < -0.39 is 12.4 Å². The standard InChI is InChI=1S/C22H27NO3.C2H6.CH4O/c1-3-4-8-15(2)18-13-20(24)22(25)26-21(18)14-23-19-12-7-10-16-9-5-6-11-17(16)19;2*1-2/h3-12,18,20-25H,13-14H2,1-2H3;1-2H3;2H,1H3. The van der Waals surface area contributed by atoms with Gasteiger partial charge in [-0.3, -0.25) is 0 Å². The first-order valence-corrected chi connectivity index (χ1v) is 10.6. The van der Waals surface area contributed by atoms with Crippen molar-refractivity contribution in [1.82, 2.24) is 0 Å². The van der Waals surface area contributed by atoms with Gasteiger partial charge in [-0.05, 0) is 31.7 Å². The number of fused-ring (bicyclic) bond motifs is 1. The van der Waals surface area contributed by atoms with Gasteiger partial charge in [-0.15, -0.1) is 0 Å². The number of anilines is 1. The molecular formula is C25H37NO4. The van der Waals surface area contributed by atoms with E-state index in [4.69, 9.17) is 9.84 Å². The highest BCUT2D eigenvalue weighted by molar-refractivity contribution is 5.93. The van der Waals surface area contributed by atoms with Crippen LogP contribution in [0, 0.1) is 5.92 Å². The summed E-state index contributed by atoms with van der Waals surface area (Å²) in [7, 11) is 1.00. The molecule has 0 radical (unpaired) electrons. The largest absolute Gasteiger partial charge is 0.400 e. The van der Waals surface area contributed by atoms with Crippen LogP contribution in [0.4, 0.5) is 5.69 Å². The molecule has 2 aromatic carbocycles. The van der Waals surface area contributed by atoms with Crippen LogP contribution in [-0.4, -0.2) is 47.5 Å². The number of ether oxygens (including phenoxy) is 1. The Morgan fingerprint density at radius 2 is 1.77 bits per heavy atom. The fraction of sp³-hybridized carbons (Fsp3) is 0.440. The molecule has 166 valence electrons. The fourth-order valence-corrected chi connectivity index (χ4v) is 3.52. The molecule has 1 aliphatic heterocycles. The molecule has 0 bridgehead atoms. The second kappa shape index (κ2) is 13.9. The predicted molar refractivity (Wildman–Crippen MR) is 125 cm³/mol. The lowest BCUT2D eigenvalue weighted by Crippen LogP contribution is -2.47. The highest BCUT2D eigenvalue weighted by Gasteiger charge is 2.36. The number of rotatable bonds is 5. The van der Waals surface area contributed by atoms with Gasteiger partial charge in [-0.1, -0.05) is 74.0 Å². The third-order valence-corrected chi connectivity index (χ3v) is 5.01. The van der Waals surface area contributed by atoms with E-state index in [0.29, 0.717) is 13.0 Å². The minimum atomic E-state index is -1.14. The molecule has 4 unspecified atom stereocenters. The van der Waals surface area contributed by atoms with E-state index in [0.717, 1.165) is 23.8 Å². The smallest absolute Gasteiger partial charge is 0.181 e. The second-order valence-electron chi connectivity index (χ2n) is 6.82. The van der Waals surface area contributed by atoms with Crippen LogP contribution in [0.1, 0.15) is 34.1 Å². The molecule has 0 aromatic heterocycles. The Kier molecular flexibility index (Phi) is 12.0. The zero-order chi connectivity index (χ0) is 22.5. The molecule has 4 atom stereocenters. The van der Waals surface area contributed by atoms with Crippen molar-refractivity contribution < 1.29 is 20.1 Å². The molecule has 0 amide bonds. The Morgan fingerprint density at radius 3 is 2.47 bits per heavy atom. The lowest BCUT2D eigenvalue weighted by molar-refractivity contribution is -0.224. The van der Waals surface area contributed by atoms with Gasteiger partial charge in [-0.25, -0.2) is 0 Å². The fourth-order valence-electron chi connectivity index (χ4n) is 3.52. The summed E-state index contributed by atoms with van der Waals surface area (Å²) in [6.07, 6.45) is 4.28. The van der Waals surface area contributed by atoms with E-state index in [1.165, 1.54) is 5.39 Å². The van der Waals surface area contributed by atoms with Crippen molar-refractivity contribution in [2.75, 3.05) is 19.0 Å². The van der Waals surface area contributed by atoms with Gasteiger partial charge in [0.15, 0.2) is 6.29 Å². The first kappa shape index (κ1) is 25.9. The molecule has 1 aliphatic rings. The number of benzene rings is 2. The number of hydrogen-bond acceptors (Lipinski definition) is 5. The molecule has 1 fully saturated rings. The summed E-state index contributed by atoms with van der Waals surface area (Å²) in [5, 5.41) is 32.8. The maximum Gasteiger partial charge on any atom is 0.181 e. The van der Waals surface area contributed by atoms with Crippen LogP contribution in [0.3, 0.4) is 0 Å². The highest BCUT2D eigenvalue weighted by Crippen LogP contribution is 2.31. The van der Waals surface area contributed by atoms with Crippen molar-refractivity contribution in [3.63, 3.8) is 0 Å². The Morgan fingerprint density at radius 1 is 1.10 bits per heavy atom. The molecule has 1 saturated heterocycles. The number of allylic oxidation sites excluding steroid dienone is 3. The van der Waals surface area contributed by atoms with Crippen molar-refractivity contribution in [2.45, 2.75) is 52.6 Å². The Labute approximate surface area is 180 Å². The van der Waals surface area contributed by atoms with Gasteiger partial charge in [0, 0.05) is 30.6 Å². The molecule has 0 saturated carbocycles. The SMILES string of the molecule is CC.CC=CC=C(C)C1CC(O)C(O)OC1CNc1cccc2ccccc12.CO. The zero-order valence-electron chi connectivity index (χ0n) is 18.7. The van der Waals surface area contributed by atoms with Crippen molar-refractivity contribution in [3.8, 4) is 0 Å². The van der Waals surface area contributed by atoms with Gasteiger partial charge >= 0.3 is 0 Å². The first-order chi connectivity index (χ1) is 14.6. The monoisotopic (exact) mass is 415 g/mol. The van der Waals surface area contributed by atoms with Crippen molar-refractivity contribution in [2.24, 2.45) is 5.92 Å². The average molecular weight is 416 g/mol. The van der Waals surface area contributed by atoms with Crippen molar-refractivity contribution in [3.05, 3.63) is 66.3 Å². The van der Waals surface area contributed by atoms with Gasteiger partial charge in [0.25, 0.3) is 0 Å². The number of aliphatic hydroxyl groups is 3. The molecule has 1 heterocycles. The summed E-state index contributed by atoms with van der Waals surface area (Å²) in [5.74, 6) is 0.0482.